The molecular formula is C14H17BrFNO. The molecule has 0 aliphatic carbocycles. The predicted octanol–water partition coefficient (Wildman–Crippen LogP) is 3.38. The SMILES string of the molecule is Cc1cc(C(=O)N2CCCC(CBr)C2)ccc1F. The molecule has 1 aromatic rings. The van der Waals surface area contributed by atoms with Crippen LogP contribution in [0.25, 0.3) is 0 Å². The average Bonchev–Trinajstić information content (AvgIpc) is 2.41. The molecule has 0 saturated carbocycles. The van der Waals surface area contributed by atoms with Crippen molar-refractivity contribution in [3.05, 3.63) is 35.1 Å². The molecule has 2 nitrogen and oxygen atoms in total. The Morgan fingerprint density at radius 1 is 1.56 bits per heavy atom. The van der Waals surface area contributed by atoms with Crippen LogP contribution >= 0.6 is 15.9 Å². The fourth-order valence-electron chi connectivity index (χ4n) is 2.34. The van der Waals surface area contributed by atoms with Crippen LogP contribution < -0.4 is 0 Å². The second kappa shape index (κ2) is 5.83. The zero-order valence-electron chi connectivity index (χ0n) is 10.5. The van der Waals surface area contributed by atoms with E-state index in [1.807, 2.05) is 4.90 Å². The third-order valence-corrected chi connectivity index (χ3v) is 4.34. The number of piperidine rings is 1. The molecule has 0 spiro atoms. The van der Waals surface area contributed by atoms with Gasteiger partial charge in [-0.1, -0.05) is 15.9 Å². The van der Waals surface area contributed by atoms with E-state index < -0.39 is 0 Å². The molecule has 1 aliphatic rings. The molecule has 0 N–H and O–H groups in total. The lowest BCUT2D eigenvalue weighted by atomic mass is 9.99. The number of amides is 1. The topological polar surface area (TPSA) is 20.3 Å². The van der Waals surface area contributed by atoms with Crippen molar-refractivity contribution in [2.45, 2.75) is 19.8 Å². The van der Waals surface area contributed by atoms with E-state index in [0.29, 0.717) is 17.0 Å². The first-order valence-electron chi connectivity index (χ1n) is 6.23. The largest absolute Gasteiger partial charge is 0.338 e. The number of rotatable bonds is 2. The number of hydrogen-bond donors (Lipinski definition) is 0. The van der Waals surface area contributed by atoms with Gasteiger partial charge in [0, 0.05) is 24.0 Å². The van der Waals surface area contributed by atoms with E-state index in [0.717, 1.165) is 31.3 Å². The van der Waals surface area contributed by atoms with E-state index >= 15 is 0 Å². The van der Waals surface area contributed by atoms with Crippen LogP contribution in [0.1, 0.15) is 28.8 Å². The first-order valence-corrected chi connectivity index (χ1v) is 7.35. The highest BCUT2D eigenvalue weighted by atomic mass is 79.9. The second-order valence-corrected chi connectivity index (χ2v) is 5.53. The first kappa shape index (κ1) is 13.5. The van der Waals surface area contributed by atoms with Gasteiger partial charge in [-0.2, -0.15) is 0 Å². The number of alkyl halides is 1. The van der Waals surface area contributed by atoms with Crippen molar-refractivity contribution in [3.8, 4) is 0 Å². The first-order chi connectivity index (χ1) is 8.61. The Balaban J connectivity index is 2.12. The number of hydrogen-bond acceptors (Lipinski definition) is 1. The third kappa shape index (κ3) is 2.91. The van der Waals surface area contributed by atoms with Gasteiger partial charge in [0.2, 0.25) is 0 Å². The third-order valence-electron chi connectivity index (χ3n) is 3.43. The highest BCUT2D eigenvalue weighted by molar-refractivity contribution is 9.09. The van der Waals surface area contributed by atoms with E-state index in [4.69, 9.17) is 0 Å². The number of nitrogens with zero attached hydrogens (tertiary/aromatic N) is 1. The summed E-state index contributed by atoms with van der Waals surface area (Å²) in [5.41, 5.74) is 1.11. The van der Waals surface area contributed by atoms with E-state index in [2.05, 4.69) is 15.9 Å². The van der Waals surface area contributed by atoms with E-state index in [1.54, 1.807) is 19.1 Å². The Bertz CT molecular complexity index is 449. The van der Waals surface area contributed by atoms with Crippen LogP contribution in [0.3, 0.4) is 0 Å². The van der Waals surface area contributed by atoms with Gasteiger partial charge in [0.15, 0.2) is 0 Å². The number of benzene rings is 1. The summed E-state index contributed by atoms with van der Waals surface area (Å²) < 4.78 is 13.2. The number of likely N-dealkylation sites (tertiary alicyclic amines) is 1. The Morgan fingerprint density at radius 2 is 2.33 bits per heavy atom. The van der Waals surface area contributed by atoms with Crippen LogP contribution in [0, 0.1) is 18.7 Å². The molecule has 98 valence electrons. The summed E-state index contributed by atoms with van der Waals surface area (Å²) in [4.78, 5) is 14.2. The molecule has 0 aromatic heterocycles. The Hall–Kier alpha value is -0.900. The summed E-state index contributed by atoms with van der Waals surface area (Å²) in [5.74, 6) is 0.288. The van der Waals surface area contributed by atoms with E-state index in [1.165, 1.54) is 6.07 Å². The summed E-state index contributed by atoms with van der Waals surface area (Å²) in [7, 11) is 0. The summed E-state index contributed by atoms with van der Waals surface area (Å²) in [6, 6.07) is 4.58. The summed E-state index contributed by atoms with van der Waals surface area (Å²) in [6.07, 6.45) is 2.21. The minimum Gasteiger partial charge on any atom is -0.338 e. The molecule has 1 aliphatic heterocycles. The van der Waals surface area contributed by atoms with Crippen molar-refractivity contribution in [2.75, 3.05) is 18.4 Å². The zero-order chi connectivity index (χ0) is 13.1. The van der Waals surface area contributed by atoms with Crippen LogP contribution in [0.5, 0.6) is 0 Å². The highest BCUT2D eigenvalue weighted by Gasteiger charge is 2.23. The fourth-order valence-corrected chi connectivity index (χ4v) is 2.86. The van der Waals surface area contributed by atoms with E-state index in [9.17, 15) is 9.18 Å². The van der Waals surface area contributed by atoms with Gasteiger partial charge >= 0.3 is 0 Å². The van der Waals surface area contributed by atoms with Gasteiger partial charge in [-0.25, -0.2) is 4.39 Å². The predicted molar refractivity (Wildman–Crippen MR) is 73.6 cm³/mol. The molecular weight excluding hydrogens is 297 g/mol. The molecule has 1 atom stereocenters. The number of halogens is 2. The molecule has 1 amide bonds. The summed E-state index contributed by atoms with van der Waals surface area (Å²) in [6.45, 7) is 3.28. The second-order valence-electron chi connectivity index (χ2n) is 4.88. The maximum absolute atomic E-state index is 13.2. The summed E-state index contributed by atoms with van der Waals surface area (Å²) >= 11 is 3.48. The maximum atomic E-state index is 13.2. The molecule has 18 heavy (non-hydrogen) atoms. The lowest BCUT2D eigenvalue weighted by molar-refractivity contribution is 0.0686. The van der Waals surface area contributed by atoms with Gasteiger partial charge in [0.05, 0.1) is 0 Å². The van der Waals surface area contributed by atoms with Crippen LogP contribution in [-0.4, -0.2) is 29.2 Å². The zero-order valence-corrected chi connectivity index (χ0v) is 12.0. The van der Waals surface area contributed by atoms with Crippen molar-refractivity contribution in [3.63, 3.8) is 0 Å². The smallest absolute Gasteiger partial charge is 0.253 e. The average molecular weight is 314 g/mol. The standard InChI is InChI=1S/C14H17BrFNO/c1-10-7-12(4-5-13(10)16)14(18)17-6-2-3-11(8-15)9-17/h4-5,7,11H,2-3,6,8-9H2,1H3. The maximum Gasteiger partial charge on any atom is 0.253 e. The molecule has 1 heterocycles. The van der Waals surface area contributed by atoms with Crippen molar-refractivity contribution in [1.82, 2.24) is 4.90 Å². The van der Waals surface area contributed by atoms with E-state index in [-0.39, 0.29) is 11.7 Å². The normalized spacial score (nSPS) is 19.9. The van der Waals surface area contributed by atoms with Gasteiger partial charge in [-0.05, 0) is 49.4 Å². The number of aryl methyl sites for hydroxylation is 1. The van der Waals surface area contributed by atoms with Gasteiger partial charge in [-0.3, -0.25) is 4.79 Å². The van der Waals surface area contributed by atoms with Crippen LogP contribution in [0.4, 0.5) is 4.39 Å². The molecule has 0 bridgehead atoms. The summed E-state index contributed by atoms with van der Waals surface area (Å²) in [5, 5.41) is 0.930. The Kier molecular flexibility index (Phi) is 4.38. The number of carbonyl (C=O) groups is 1. The number of carbonyl (C=O) groups excluding carboxylic acids is 1. The minimum atomic E-state index is -0.261. The van der Waals surface area contributed by atoms with Crippen LogP contribution in [0.15, 0.2) is 18.2 Å². The van der Waals surface area contributed by atoms with Gasteiger partial charge in [0.1, 0.15) is 5.82 Å². The highest BCUT2D eigenvalue weighted by Crippen LogP contribution is 2.20. The molecule has 1 aromatic carbocycles. The van der Waals surface area contributed by atoms with Gasteiger partial charge in [-0.15, -0.1) is 0 Å². The quantitative estimate of drug-likeness (QED) is 0.766. The molecule has 1 unspecified atom stereocenters. The monoisotopic (exact) mass is 313 g/mol. The Labute approximate surface area is 115 Å². The van der Waals surface area contributed by atoms with Crippen molar-refractivity contribution < 1.29 is 9.18 Å². The van der Waals surface area contributed by atoms with Crippen LogP contribution in [-0.2, 0) is 0 Å². The van der Waals surface area contributed by atoms with Gasteiger partial charge < -0.3 is 4.90 Å². The van der Waals surface area contributed by atoms with Gasteiger partial charge in [0.25, 0.3) is 5.91 Å². The van der Waals surface area contributed by atoms with Crippen molar-refractivity contribution >= 4 is 21.8 Å². The Morgan fingerprint density at radius 3 is 3.00 bits per heavy atom. The molecule has 0 radical (unpaired) electrons. The fraction of sp³-hybridized carbons (Fsp3) is 0.500. The molecule has 2 rings (SSSR count). The van der Waals surface area contributed by atoms with Crippen molar-refractivity contribution in [2.24, 2.45) is 5.92 Å². The molecule has 1 fully saturated rings. The molecule has 1 saturated heterocycles. The minimum absolute atomic E-state index is 0.0174. The lowest BCUT2D eigenvalue weighted by Crippen LogP contribution is -2.40. The lowest BCUT2D eigenvalue weighted by Gasteiger charge is -2.32. The van der Waals surface area contributed by atoms with Crippen molar-refractivity contribution in [1.29, 1.82) is 0 Å². The van der Waals surface area contributed by atoms with Crippen LogP contribution in [0.2, 0.25) is 0 Å². The molecule has 4 heteroatoms.